The zero-order valence-corrected chi connectivity index (χ0v) is 13.0. The Bertz CT molecular complexity index is 677. The Labute approximate surface area is 134 Å². The molecule has 0 unspecified atom stereocenters. The molecule has 0 atom stereocenters. The van der Waals surface area contributed by atoms with E-state index in [9.17, 15) is 10.1 Å². The summed E-state index contributed by atoms with van der Waals surface area (Å²) in [7, 11) is 1.68. The fourth-order valence-electron chi connectivity index (χ4n) is 2.94. The van der Waals surface area contributed by atoms with Crippen LogP contribution in [0.1, 0.15) is 5.76 Å². The van der Waals surface area contributed by atoms with Crippen molar-refractivity contribution in [2.75, 3.05) is 38.2 Å². The maximum atomic E-state index is 10.7. The average molecular weight is 318 g/mol. The van der Waals surface area contributed by atoms with Crippen molar-refractivity contribution in [3.8, 4) is 5.75 Å². The van der Waals surface area contributed by atoms with Gasteiger partial charge in [-0.3, -0.25) is 10.1 Å². The van der Waals surface area contributed by atoms with Gasteiger partial charge in [0.15, 0.2) is 5.76 Å². The number of rotatable bonds is 5. The Kier molecular flexibility index (Phi) is 4.47. The lowest BCUT2D eigenvalue weighted by molar-refractivity contribution is -0.915. The largest absolute Gasteiger partial charge is 0.495 e. The summed E-state index contributed by atoms with van der Waals surface area (Å²) in [6.45, 7) is 4.41. The lowest BCUT2D eigenvalue weighted by Gasteiger charge is -2.33. The molecule has 1 aromatic carbocycles. The predicted octanol–water partition coefficient (Wildman–Crippen LogP) is 1.10. The highest BCUT2D eigenvalue weighted by atomic mass is 16.6. The second kappa shape index (κ2) is 6.70. The van der Waals surface area contributed by atoms with Crippen LogP contribution in [0.4, 0.5) is 11.6 Å². The molecule has 2 heterocycles. The standard InChI is InChI=1S/C16H19N3O4/c1-22-15-5-3-2-4-14(15)18-10-8-17(9-11-18)12-13-6-7-16(23-13)19(20)21/h2-7H,8-12H2,1H3/p+1. The molecule has 0 saturated carbocycles. The minimum atomic E-state index is -0.502. The van der Waals surface area contributed by atoms with Crippen LogP contribution in [0.5, 0.6) is 5.75 Å². The van der Waals surface area contributed by atoms with E-state index in [2.05, 4.69) is 11.0 Å². The second-order valence-electron chi connectivity index (χ2n) is 5.58. The molecule has 1 aliphatic rings. The van der Waals surface area contributed by atoms with E-state index in [1.54, 1.807) is 13.2 Å². The Balaban J connectivity index is 1.58. The predicted molar refractivity (Wildman–Crippen MR) is 85.0 cm³/mol. The number of piperazine rings is 1. The van der Waals surface area contributed by atoms with Gasteiger partial charge in [0.1, 0.15) is 17.2 Å². The van der Waals surface area contributed by atoms with Gasteiger partial charge in [-0.1, -0.05) is 12.1 Å². The van der Waals surface area contributed by atoms with Crippen molar-refractivity contribution in [3.05, 3.63) is 52.3 Å². The van der Waals surface area contributed by atoms with Crippen LogP contribution in [0.2, 0.25) is 0 Å². The highest BCUT2D eigenvalue weighted by molar-refractivity contribution is 5.58. The SMILES string of the molecule is COc1ccccc1N1CC[NH+](Cc2ccc([N+](=O)[O-])o2)CC1. The zero-order valence-electron chi connectivity index (χ0n) is 13.0. The number of methoxy groups -OCH3 is 1. The molecule has 2 aromatic rings. The van der Waals surface area contributed by atoms with Crippen molar-refractivity contribution in [2.24, 2.45) is 0 Å². The van der Waals surface area contributed by atoms with E-state index in [4.69, 9.17) is 9.15 Å². The third-order valence-corrected chi connectivity index (χ3v) is 4.15. The normalized spacial score (nSPS) is 15.6. The monoisotopic (exact) mass is 318 g/mol. The number of nitrogens with zero attached hydrogens (tertiary/aromatic N) is 2. The lowest BCUT2D eigenvalue weighted by Crippen LogP contribution is -3.13. The number of nitrogens with one attached hydrogen (secondary N) is 1. The number of quaternary nitrogens is 1. The first kappa shape index (κ1) is 15.4. The van der Waals surface area contributed by atoms with Crippen LogP contribution in [0.3, 0.4) is 0 Å². The van der Waals surface area contributed by atoms with Crippen LogP contribution >= 0.6 is 0 Å². The van der Waals surface area contributed by atoms with E-state index < -0.39 is 4.92 Å². The molecule has 1 fully saturated rings. The van der Waals surface area contributed by atoms with Crippen LogP contribution < -0.4 is 14.5 Å². The number of nitro groups is 1. The van der Waals surface area contributed by atoms with Crippen LogP contribution in [-0.4, -0.2) is 38.2 Å². The van der Waals surface area contributed by atoms with Crippen LogP contribution in [-0.2, 0) is 6.54 Å². The van der Waals surface area contributed by atoms with Gasteiger partial charge in [0.25, 0.3) is 0 Å². The molecule has 7 heteroatoms. The molecule has 1 aromatic heterocycles. The quantitative estimate of drug-likeness (QED) is 0.660. The number of para-hydroxylation sites is 2. The van der Waals surface area contributed by atoms with Gasteiger partial charge in [-0.25, -0.2) is 0 Å². The van der Waals surface area contributed by atoms with Gasteiger partial charge in [0, 0.05) is 0 Å². The summed E-state index contributed by atoms with van der Waals surface area (Å²) in [6.07, 6.45) is 0. The summed E-state index contributed by atoms with van der Waals surface area (Å²) in [5, 5.41) is 10.7. The molecule has 0 radical (unpaired) electrons. The maximum absolute atomic E-state index is 10.7. The summed E-state index contributed by atoms with van der Waals surface area (Å²) < 4.78 is 10.7. The van der Waals surface area contributed by atoms with Gasteiger partial charge in [0.2, 0.25) is 0 Å². The summed E-state index contributed by atoms with van der Waals surface area (Å²) in [5.41, 5.74) is 1.11. The topological polar surface area (TPSA) is 73.2 Å². The molecule has 0 spiro atoms. The van der Waals surface area contributed by atoms with Gasteiger partial charge in [-0.2, -0.15) is 0 Å². The summed E-state index contributed by atoms with van der Waals surface area (Å²) in [4.78, 5) is 13.8. The number of benzene rings is 1. The smallest absolute Gasteiger partial charge is 0.433 e. The van der Waals surface area contributed by atoms with Crippen LogP contribution in [0.15, 0.2) is 40.8 Å². The van der Waals surface area contributed by atoms with Gasteiger partial charge in [-0.05, 0) is 18.2 Å². The fourth-order valence-corrected chi connectivity index (χ4v) is 2.94. The molecule has 122 valence electrons. The number of furan rings is 1. The molecular formula is C16H20N3O4+. The van der Waals surface area contributed by atoms with Crippen molar-refractivity contribution in [1.82, 2.24) is 0 Å². The highest BCUT2D eigenvalue weighted by Crippen LogP contribution is 2.27. The van der Waals surface area contributed by atoms with Crippen molar-refractivity contribution in [3.63, 3.8) is 0 Å². The molecule has 23 heavy (non-hydrogen) atoms. The molecule has 1 N–H and O–H groups in total. The van der Waals surface area contributed by atoms with E-state index >= 15 is 0 Å². The Morgan fingerprint density at radius 2 is 2.00 bits per heavy atom. The molecule has 0 bridgehead atoms. The second-order valence-corrected chi connectivity index (χ2v) is 5.58. The highest BCUT2D eigenvalue weighted by Gasteiger charge is 2.24. The van der Waals surface area contributed by atoms with E-state index in [1.807, 2.05) is 18.2 Å². The summed E-state index contributed by atoms with van der Waals surface area (Å²) in [5.74, 6) is 1.36. The zero-order chi connectivity index (χ0) is 16.2. The van der Waals surface area contributed by atoms with Gasteiger partial charge < -0.3 is 19.0 Å². The van der Waals surface area contributed by atoms with E-state index in [0.717, 1.165) is 37.6 Å². The summed E-state index contributed by atoms with van der Waals surface area (Å²) in [6, 6.07) is 11.1. The average Bonchev–Trinajstić information content (AvgIpc) is 3.04. The van der Waals surface area contributed by atoms with Crippen LogP contribution in [0, 0.1) is 10.1 Å². The number of ether oxygens (including phenoxy) is 1. The lowest BCUT2D eigenvalue weighted by atomic mass is 10.2. The molecule has 3 rings (SSSR count). The van der Waals surface area contributed by atoms with E-state index in [1.165, 1.54) is 11.0 Å². The van der Waals surface area contributed by atoms with Crippen LogP contribution in [0.25, 0.3) is 0 Å². The maximum Gasteiger partial charge on any atom is 0.433 e. The van der Waals surface area contributed by atoms with E-state index in [0.29, 0.717) is 12.3 Å². The van der Waals surface area contributed by atoms with Gasteiger partial charge in [0.05, 0.1) is 45.0 Å². The number of hydrogen-bond acceptors (Lipinski definition) is 5. The van der Waals surface area contributed by atoms with Gasteiger partial charge in [-0.15, -0.1) is 0 Å². The third-order valence-electron chi connectivity index (χ3n) is 4.15. The first-order valence-electron chi connectivity index (χ1n) is 7.62. The minimum Gasteiger partial charge on any atom is -0.495 e. The third kappa shape index (κ3) is 3.45. The molecule has 1 aliphatic heterocycles. The molecule has 0 amide bonds. The van der Waals surface area contributed by atoms with E-state index in [-0.39, 0.29) is 5.88 Å². The number of anilines is 1. The molecule has 1 saturated heterocycles. The number of hydrogen-bond donors (Lipinski definition) is 1. The van der Waals surface area contributed by atoms with Gasteiger partial charge >= 0.3 is 5.88 Å². The summed E-state index contributed by atoms with van der Waals surface area (Å²) >= 11 is 0. The van der Waals surface area contributed by atoms with Crippen molar-refractivity contribution >= 4 is 11.6 Å². The minimum absolute atomic E-state index is 0.188. The first-order valence-corrected chi connectivity index (χ1v) is 7.62. The Hall–Kier alpha value is -2.54. The molecule has 7 nitrogen and oxygen atoms in total. The Morgan fingerprint density at radius 3 is 2.65 bits per heavy atom. The fraction of sp³-hybridized carbons (Fsp3) is 0.375. The Morgan fingerprint density at radius 1 is 1.26 bits per heavy atom. The molecule has 0 aliphatic carbocycles. The first-order chi connectivity index (χ1) is 11.2. The van der Waals surface area contributed by atoms with Crippen molar-refractivity contribution < 1.29 is 19.0 Å². The molecular weight excluding hydrogens is 298 g/mol. The van der Waals surface area contributed by atoms with Crippen molar-refractivity contribution in [1.29, 1.82) is 0 Å². The van der Waals surface area contributed by atoms with Crippen molar-refractivity contribution in [2.45, 2.75) is 6.54 Å².